The van der Waals surface area contributed by atoms with Crippen molar-refractivity contribution in [3.05, 3.63) is 48.3 Å². The van der Waals surface area contributed by atoms with Gasteiger partial charge in [0.15, 0.2) is 11.6 Å². The standard InChI is InChI=1S/C16H22FN3O/c1-2-14(18)11-13-5-3-6-15(17)16(13)21-10-4-8-20-9-7-19-12-20/h3,5-7,9,12,14H,2,4,8,10-11,18H2,1H3. The number of para-hydroxylation sites is 1. The Kier molecular flexibility index (Phi) is 5.75. The number of rotatable bonds is 8. The van der Waals surface area contributed by atoms with Gasteiger partial charge < -0.3 is 15.0 Å². The number of aromatic nitrogens is 2. The Morgan fingerprint density at radius 2 is 2.29 bits per heavy atom. The zero-order chi connectivity index (χ0) is 15.1. The molecular weight excluding hydrogens is 269 g/mol. The molecule has 1 heterocycles. The molecule has 2 aromatic rings. The minimum atomic E-state index is -0.321. The third kappa shape index (κ3) is 4.56. The highest BCUT2D eigenvalue weighted by Crippen LogP contribution is 2.24. The van der Waals surface area contributed by atoms with Crippen molar-refractivity contribution in [1.29, 1.82) is 0 Å². The topological polar surface area (TPSA) is 53.1 Å². The number of benzene rings is 1. The molecule has 0 saturated heterocycles. The van der Waals surface area contributed by atoms with Gasteiger partial charge in [-0.3, -0.25) is 0 Å². The van der Waals surface area contributed by atoms with Crippen LogP contribution in [0.1, 0.15) is 25.3 Å². The summed E-state index contributed by atoms with van der Waals surface area (Å²) in [5, 5.41) is 0. The van der Waals surface area contributed by atoms with Crippen molar-refractivity contribution in [1.82, 2.24) is 9.55 Å². The smallest absolute Gasteiger partial charge is 0.165 e. The minimum Gasteiger partial charge on any atom is -0.490 e. The number of nitrogens with zero attached hydrogens (tertiary/aromatic N) is 2. The Bertz CT molecular complexity index is 542. The largest absolute Gasteiger partial charge is 0.490 e. The molecule has 114 valence electrons. The summed E-state index contributed by atoms with van der Waals surface area (Å²) in [5.74, 6) is 0.0189. The van der Waals surface area contributed by atoms with Crippen molar-refractivity contribution in [3.63, 3.8) is 0 Å². The number of nitrogens with two attached hydrogens (primary N) is 1. The summed E-state index contributed by atoms with van der Waals surface area (Å²) < 4.78 is 21.5. The lowest BCUT2D eigenvalue weighted by Gasteiger charge is -2.15. The maximum absolute atomic E-state index is 13.9. The van der Waals surface area contributed by atoms with E-state index in [1.54, 1.807) is 18.6 Å². The van der Waals surface area contributed by atoms with E-state index in [1.807, 2.05) is 23.8 Å². The normalized spacial score (nSPS) is 12.3. The molecule has 1 aromatic carbocycles. The van der Waals surface area contributed by atoms with Crippen LogP contribution in [0.2, 0.25) is 0 Å². The number of ether oxygens (including phenoxy) is 1. The van der Waals surface area contributed by atoms with Gasteiger partial charge in [-0.15, -0.1) is 0 Å². The third-order valence-electron chi connectivity index (χ3n) is 3.42. The second-order valence-corrected chi connectivity index (χ2v) is 5.10. The van der Waals surface area contributed by atoms with Crippen LogP contribution in [0.25, 0.3) is 0 Å². The quantitative estimate of drug-likeness (QED) is 0.761. The first-order chi connectivity index (χ1) is 10.2. The summed E-state index contributed by atoms with van der Waals surface area (Å²) in [6.45, 7) is 3.29. The second kappa shape index (κ2) is 7.78. The van der Waals surface area contributed by atoms with Crippen LogP contribution in [-0.2, 0) is 13.0 Å². The van der Waals surface area contributed by atoms with Crippen molar-refractivity contribution in [2.24, 2.45) is 5.73 Å². The number of halogens is 1. The average Bonchev–Trinajstić information content (AvgIpc) is 2.99. The van der Waals surface area contributed by atoms with E-state index in [9.17, 15) is 4.39 Å². The monoisotopic (exact) mass is 291 g/mol. The molecule has 2 rings (SSSR count). The van der Waals surface area contributed by atoms with Crippen LogP contribution in [0.15, 0.2) is 36.9 Å². The highest BCUT2D eigenvalue weighted by molar-refractivity contribution is 5.35. The molecule has 0 radical (unpaired) electrons. The van der Waals surface area contributed by atoms with Crippen molar-refractivity contribution in [3.8, 4) is 5.75 Å². The van der Waals surface area contributed by atoms with E-state index >= 15 is 0 Å². The van der Waals surface area contributed by atoms with E-state index in [0.717, 1.165) is 24.9 Å². The fraction of sp³-hybridized carbons (Fsp3) is 0.438. The summed E-state index contributed by atoms with van der Waals surface area (Å²) >= 11 is 0. The molecule has 1 aromatic heterocycles. The molecule has 0 amide bonds. The highest BCUT2D eigenvalue weighted by atomic mass is 19.1. The van der Waals surface area contributed by atoms with Gasteiger partial charge in [0.2, 0.25) is 0 Å². The molecule has 2 N–H and O–H groups in total. The van der Waals surface area contributed by atoms with Gasteiger partial charge in [0.1, 0.15) is 0 Å². The van der Waals surface area contributed by atoms with E-state index in [1.165, 1.54) is 6.07 Å². The predicted octanol–water partition coefficient (Wildman–Crippen LogP) is 2.77. The molecule has 0 bridgehead atoms. The van der Waals surface area contributed by atoms with E-state index in [4.69, 9.17) is 10.5 Å². The first-order valence-electron chi connectivity index (χ1n) is 7.32. The predicted molar refractivity (Wildman–Crippen MR) is 80.7 cm³/mol. The van der Waals surface area contributed by atoms with Gasteiger partial charge >= 0.3 is 0 Å². The molecule has 1 atom stereocenters. The summed E-state index contributed by atoms with van der Waals surface area (Å²) in [5.41, 5.74) is 6.79. The minimum absolute atomic E-state index is 0.0279. The SMILES string of the molecule is CCC(N)Cc1cccc(F)c1OCCCn1ccnc1. The first-order valence-corrected chi connectivity index (χ1v) is 7.32. The van der Waals surface area contributed by atoms with Gasteiger partial charge in [0.05, 0.1) is 12.9 Å². The maximum atomic E-state index is 13.9. The summed E-state index contributed by atoms with van der Waals surface area (Å²) in [4.78, 5) is 3.98. The second-order valence-electron chi connectivity index (χ2n) is 5.10. The summed E-state index contributed by atoms with van der Waals surface area (Å²) in [6.07, 6.45) is 7.68. The zero-order valence-electron chi connectivity index (χ0n) is 12.3. The van der Waals surface area contributed by atoms with Gasteiger partial charge in [0.25, 0.3) is 0 Å². The molecule has 0 aliphatic heterocycles. The zero-order valence-corrected chi connectivity index (χ0v) is 12.3. The molecule has 0 spiro atoms. The van der Waals surface area contributed by atoms with Crippen molar-refractivity contribution >= 4 is 0 Å². The number of imidazole rings is 1. The highest BCUT2D eigenvalue weighted by Gasteiger charge is 2.12. The van der Waals surface area contributed by atoms with Crippen molar-refractivity contribution < 1.29 is 9.13 Å². The van der Waals surface area contributed by atoms with Crippen LogP contribution >= 0.6 is 0 Å². The Morgan fingerprint density at radius 1 is 1.43 bits per heavy atom. The Morgan fingerprint density at radius 3 is 3.00 bits per heavy atom. The van der Waals surface area contributed by atoms with Crippen molar-refractivity contribution in [2.45, 2.75) is 38.8 Å². The molecule has 4 nitrogen and oxygen atoms in total. The lowest BCUT2D eigenvalue weighted by atomic mass is 10.0. The van der Waals surface area contributed by atoms with E-state index < -0.39 is 0 Å². The van der Waals surface area contributed by atoms with Crippen LogP contribution in [-0.4, -0.2) is 22.2 Å². The number of hydrogen-bond donors (Lipinski definition) is 1. The molecule has 1 unspecified atom stereocenters. The molecule has 0 aliphatic rings. The third-order valence-corrected chi connectivity index (χ3v) is 3.42. The van der Waals surface area contributed by atoms with Crippen molar-refractivity contribution in [2.75, 3.05) is 6.61 Å². The van der Waals surface area contributed by atoms with Crippen LogP contribution in [0.4, 0.5) is 4.39 Å². The molecule has 5 heteroatoms. The molecular formula is C16H22FN3O. The summed E-state index contributed by atoms with van der Waals surface area (Å²) in [7, 11) is 0. The van der Waals surface area contributed by atoms with Crippen LogP contribution in [0.5, 0.6) is 5.75 Å². The molecule has 0 fully saturated rings. The molecule has 0 aliphatic carbocycles. The lowest BCUT2D eigenvalue weighted by molar-refractivity contribution is 0.284. The lowest BCUT2D eigenvalue weighted by Crippen LogP contribution is -2.22. The van der Waals surface area contributed by atoms with Crippen LogP contribution < -0.4 is 10.5 Å². The van der Waals surface area contributed by atoms with Gasteiger partial charge in [-0.2, -0.15) is 0 Å². The van der Waals surface area contributed by atoms with E-state index in [0.29, 0.717) is 18.8 Å². The Labute approximate surface area is 124 Å². The van der Waals surface area contributed by atoms with Crippen LogP contribution in [0, 0.1) is 5.82 Å². The van der Waals surface area contributed by atoms with E-state index in [2.05, 4.69) is 4.98 Å². The van der Waals surface area contributed by atoms with Gasteiger partial charge in [-0.1, -0.05) is 19.1 Å². The average molecular weight is 291 g/mol. The fourth-order valence-corrected chi connectivity index (χ4v) is 2.14. The Hall–Kier alpha value is -1.88. The van der Waals surface area contributed by atoms with Crippen LogP contribution in [0.3, 0.4) is 0 Å². The van der Waals surface area contributed by atoms with Gasteiger partial charge in [-0.25, -0.2) is 9.37 Å². The number of hydrogen-bond acceptors (Lipinski definition) is 3. The van der Waals surface area contributed by atoms with Gasteiger partial charge in [0, 0.05) is 25.0 Å². The van der Waals surface area contributed by atoms with E-state index in [-0.39, 0.29) is 11.9 Å². The van der Waals surface area contributed by atoms with Gasteiger partial charge in [-0.05, 0) is 30.9 Å². The first kappa shape index (κ1) is 15.5. The fourth-order valence-electron chi connectivity index (χ4n) is 2.14. The number of aryl methyl sites for hydroxylation is 1. The maximum Gasteiger partial charge on any atom is 0.165 e. The molecule has 21 heavy (non-hydrogen) atoms. The Balaban J connectivity index is 1.91. The summed E-state index contributed by atoms with van der Waals surface area (Å²) in [6, 6.07) is 5.03. The molecule has 0 saturated carbocycles.